The average molecular weight is 246 g/mol. The maximum Gasteiger partial charge on any atom is 0.328 e. The van der Waals surface area contributed by atoms with E-state index in [1.165, 1.54) is 14.2 Å². The molecule has 0 fully saturated rings. The zero-order valence-corrected chi connectivity index (χ0v) is 10.9. The van der Waals surface area contributed by atoms with E-state index in [0.29, 0.717) is 6.42 Å². The third-order valence-electron chi connectivity index (χ3n) is 2.19. The molecule has 100 valence electrons. The Morgan fingerprint density at radius 2 is 1.88 bits per heavy atom. The summed E-state index contributed by atoms with van der Waals surface area (Å²) in [4.78, 5) is 23.1. The second-order valence-electron chi connectivity index (χ2n) is 4.28. The van der Waals surface area contributed by atoms with E-state index in [1.807, 2.05) is 13.8 Å². The van der Waals surface area contributed by atoms with Gasteiger partial charge in [-0.3, -0.25) is 4.79 Å². The molecule has 17 heavy (non-hydrogen) atoms. The number of hydrogen-bond donors (Lipinski definition) is 2. The predicted octanol–water partition coefficient (Wildman–Crippen LogP) is -0.336. The van der Waals surface area contributed by atoms with Crippen LogP contribution in [0.5, 0.6) is 0 Å². The highest BCUT2D eigenvalue weighted by molar-refractivity contribution is 5.87. The highest BCUT2D eigenvalue weighted by Crippen LogP contribution is 2.06. The standard InChI is InChI=1S/C11H22N2O4/c1-7(2)5-9(11(15)17-4)13-10(14)8(12)6-16-3/h7-9H,5-6,12H2,1-4H3,(H,13,14)/t8?,9-/m0/s1. The molecule has 1 amide bonds. The van der Waals surface area contributed by atoms with E-state index in [-0.39, 0.29) is 12.5 Å². The number of methoxy groups -OCH3 is 2. The van der Waals surface area contributed by atoms with Crippen LogP contribution < -0.4 is 11.1 Å². The van der Waals surface area contributed by atoms with Crippen LogP contribution in [0.1, 0.15) is 20.3 Å². The molecule has 0 aliphatic rings. The van der Waals surface area contributed by atoms with Crippen molar-refractivity contribution in [2.24, 2.45) is 11.7 Å². The van der Waals surface area contributed by atoms with E-state index in [0.717, 1.165) is 0 Å². The van der Waals surface area contributed by atoms with Crippen LogP contribution in [0.3, 0.4) is 0 Å². The number of nitrogens with one attached hydrogen (secondary N) is 1. The van der Waals surface area contributed by atoms with Crippen molar-refractivity contribution in [2.75, 3.05) is 20.8 Å². The molecule has 3 N–H and O–H groups in total. The summed E-state index contributed by atoms with van der Waals surface area (Å²) in [5.74, 6) is -0.613. The summed E-state index contributed by atoms with van der Waals surface area (Å²) in [5.41, 5.74) is 5.56. The van der Waals surface area contributed by atoms with Crippen LogP contribution >= 0.6 is 0 Å². The molecule has 0 bridgehead atoms. The molecule has 0 spiro atoms. The first kappa shape index (κ1) is 15.9. The zero-order valence-electron chi connectivity index (χ0n) is 10.9. The third-order valence-corrected chi connectivity index (χ3v) is 2.19. The Balaban J connectivity index is 4.42. The van der Waals surface area contributed by atoms with Gasteiger partial charge in [-0.1, -0.05) is 13.8 Å². The van der Waals surface area contributed by atoms with Crippen LogP contribution in [0, 0.1) is 5.92 Å². The summed E-state index contributed by atoms with van der Waals surface area (Å²) in [5, 5.41) is 2.57. The molecule has 0 saturated heterocycles. The van der Waals surface area contributed by atoms with Crippen LogP contribution in [-0.2, 0) is 19.1 Å². The summed E-state index contributed by atoms with van der Waals surface area (Å²) >= 11 is 0. The van der Waals surface area contributed by atoms with Crippen molar-refractivity contribution < 1.29 is 19.1 Å². The predicted molar refractivity (Wildman–Crippen MR) is 63.3 cm³/mol. The molecule has 0 rings (SSSR count). The topological polar surface area (TPSA) is 90.6 Å². The first-order valence-electron chi connectivity index (χ1n) is 5.55. The number of rotatable bonds is 7. The van der Waals surface area contributed by atoms with Gasteiger partial charge in [0.2, 0.25) is 5.91 Å². The van der Waals surface area contributed by atoms with Gasteiger partial charge in [0, 0.05) is 7.11 Å². The Hall–Kier alpha value is -1.14. The summed E-state index contributed by atoms with van der Waals surface area (Å²) in [6.45, 7) is 4.02. The maximum atomic E-state index is 11.6. The van der Waals surface area contributed by atoms with Crippen molar-refractivity contribution in [1.82, 2.24) is 5.32 Å². The van der Waals surface area contributed by atoms with E-state index >= 15 is 0 Å². The van der Waals surface area contributed by atoms with Gasteiger partial charge in [-0.05, 0) is 12.3 Å². The lowest BCUT2D eigenvalue weighted by atomic mass is 10.0. The Bertz CT molecular complexity index is 256. The Morgan fingerprint density at radius 3 is 2.29 bits per heavy atom. The van der Waals surface area contributed by atoms with E-state index < -0.39 is 24.0 Å². The quantitative estimate of drug-likeness (QED) is 0.600. The third kappa shape index (κ3) is 6.23. The van der Waals surface area contributed by atoms with E-state index in [2.05, 4.69) is 10.1 Å². The lowest BCUT2D eigenvalue weighted by Gasteiger charge is -2.20. The second kappa shape index (κ2) is 8.03. The molecule has 0 aliphatic heterocycles. The van der Waals surface area contributed by atoms with Crippen LogP contribution in [0.2, 0.25) is 0 Å². The first-order valence-corrected chi connectivity index (χ1v) is 5.55. The molecule has 0 aromatic heterocycles. The van der Waals surface area contributed by atoms with Gasteiger partial charge >= 0.3 is 5.97 Å². The Labute approximate surface area is 102 Å². The van der Waals surface area contributed by atoms with Gasteiger partial charge in [0.25, 0.3) is 0 Å². The fourth-order valence-corrected chi connectivity index (χ4v) is 1.36. The molecular formula is C11H22N2O4. The van der Waals surface area contributed by atoms with Crippen LogP contribution in [-0.4, -0.2) is 44.8 Å². The molecular weight excluding hydrogens is 224 g/mol. The minimum absolute atomic E-state index is 0.113. The molecule has 0 radical (unpaired) electrons. The smallest absolute Gasteiger partial charge is 0.328 e. The monoisotopic (exact) mass is 246 g/mol. The van der Waals surface area contributed by atoms with Gasteiger partial charge in [0.05, 0.1) is 13.7 Å². The fraction of sp³-hybridized carbons (Fsp3) is 0.818. The highest BCUT2D eigenvalue weighted by Gasteiger charge is 2.24. The fourth-order valence-electron chi connectivity index (χ4n) is 1.36. The lowest BCUT2D eigenvalue weighted by Crippen LogP contribution is -2.50. The van der Waals surface area contributed by atoms with E-state index in [1.54, 1.807) is 0 Å². The normalized spacial score (nSPS) is 14.2. The van der Waals surface area contributed by atoms with Crippen LogP contribution in [0.4, 0.5) is 0 Å². The number of ether oxygens (including phenoxy) is 2. The van der Waals surface area contributed by atoms with E-state index in [4.69, 9.17) is 10.5 Å². The molecule has 0 heterocycles. The second-order valence-corrected chi connectivity index (χ2v) is 4.28. The minimum Gasteiger partial charge on any atom is -0.467 e. The summed E-state index contributed by atoms with van der Waals surface area (Å²) in [7, 11) is 2.75. The summed E-state index contributed by atoms with van der Waals surface area (Å²) in [6, 6.07) is -1.44. The zero-order chi connectivity index (χ0) is 13.4. The molecule has 0 aromatic carbocycles. The van der Waals surface area contributed by atoms with Crippen LogP contribution in [0.15, 0.2) is 0 Å². The van der Waals surface area contributed by atoms with Crippen molar-refractivity contribution in [3.05, 3.63) is 0 Å². The minimum atomic E-state index is -0.778. The highest BCUT2D eigenvalue weighted by atomic mass is 16.5. The van der Waals surface area contributed by atoms with Gasteiger partial charge < -0.3 is 20.5 Å². The molecule has 2 atom stereocenters. The molecule has 0 saturated carbocycles. The lowest BCUT2D eigenvalue weighted by molar-refractivity contribution is -0.145. The number of amides is 1. The van der Waals surface area contributed by atoms with Crippen molar-refractivity contribution in [3.8, 4) is 0 Å². The largest absolute Gasteiger partial charge is 0.467 e. The van der Waals surface area contributed by atoms with Gasteiger partial charge in [-0.15, -0.1) is 0 Å². The maximum absolute atomic E-state index is 11.6. The van der Waals surface area contributed by atoms with Crippen LogP contribution in [0.25, 0.3) is 0 Å². The summed E-state index contributed by atoms with van der Waals surface area (Å²) < 4.78 is 9.40. The molecule has 6 nitrogen and oxygen atoms in total. The Morgan fingerprint density at radius 1 is 1.29 bits per heavy atom. The van der Waals surface area contributed by atoms with E-state index in [9.17, 15) is 9.59 Å². The summed E-state index contributed by atoms with van der Waals surface area (Å²) in [6.07, 6.45) is 0.512. The molecule has 6 heteroatoms. The molecule has 1 unspecified atom stereocenters. The van der Waals surface area contributed by atoms with Crippen molar-refractivity contribution in [1.29, 1.82) is 0 Å². The van der Waals surface area contributed by atoms with Gasteiger partial charge in [-0.2, -0.15) is 0 Å². The van der Waals surface area contributed by atoms with Gasteiger partial charge in [-0.25, -0.2) is 4.79 Å². The number of carbonyl (C=O) groups excluding carboxylic acids is 2. The number of nitrogens with two attached hydrogens (primary N) is 1. The molecule has 0 aliphatic carbocycles. The Kier molecular flexibility index (Phi) is 7.49. The van der Waals surface area contributed by atoms with Crippen molar-refractivity contribution in [2.45, 2.75) is 32.4 Å². The first-order chi connectivity index (χ1) is 7.92. The SMILES string of the molecule is COCC(N)C(=O)N[C@@H](CC(C)C)C(=O)OC. The average Bonchev–Trinajstić information content (AvgIpc) is 2.26. The molecule has 0 aromatic rings. The van der Waals surface area contributed by atoms with Crippen molar-refractivity contribution >= 4 is 11.9 Å². The number of carbonyl (C=O) groups is 2. The van der Waals surface area contributed by atoms with Crippen molar-refractivity contribution in [3.63, 3.8) is 0 Å². The number of hydrogen-bond acceptors (Lipinski definition) is 5. The number of esters is 1. The van der Waals surface area contributed by atoms with Gasteiger partial charge in [0.15, 0.2) is 0 Å². The van der Waals surface area contributed by atoms with Gasteiger partial charge in [0.1, 0.15) is 12.1 Å².